The van der Waals surface area contributed by atoms with Gasteiger partial charge >= 0.3 is 0 Å². The van der Waals surface area contributed by atoms with E-state index in [1.165, 1.54) is 26.4 Å². The van der Waals surface area contributed by atoms with Crippen molar-refractivity contribution >= 4 is 27.1 Å². The third-order valence-electron chi connectivity index (χ3n) is 2.89. The first-order valence-electron chi connectivity index (χ1n) is 6.17. The average molecular weight is 277 g/mol. The van der Waals surface area contributed by atoms with Crippen LogP contribution in [0.5, 0.6) is 0 Å². The Kier molecular flexibility index (Phi) is 9.22. The molecule has 0 aliphatic carbocycles. The van der Waals surface area contributed by atoms with Gasteiger partial charge < -0.3 is 14.9 Å². The van der Waals surface area contributed by atoms with Gasteiger partial charge in [-0.2, -0.15) is 12.6 Å². The van der Waals surface area contributed by atoms with Crippen LogP contribution in [0.1, 0.15) is 46.0 Å². The first kappa shape index (κ1) is 17.2. The molecule has 0 saturated carbocycles. The van der Waals surface area contributed by atoms with E-state index in [2.05, 4.69) is 19.6 Å². The summed E-state index contributed by atoms with van der Waals surface area (Å²) in [7, 11) is 1.70. The van der Waals surface area contributed by atoms with Crippen LogP contribution in [0.25, 0.3) is 0 Å². The average Bonchev–Trinajstić information content (AvgIpc) is 2.33. The number of ether oxygens (including phenoxy) is 1. The lowest BCUT2D eigenvalue weighted by Crippen LogP contribution is -2.43. The molecule has 0 aliphatic rings. The van der Waals surface area contributed by atoms with Crippen LogP contribution < -0.4 is 0 Å². The zero-order valence-electron chi connectivity index (χ0n) is 11.1. The molecule has 2 atom stereocenters. The zero-order chi connectivity index (χ0) is 13.3. The molecule has 0 bridgehead atoms. The number of aliphatic hydroxyl groups excluding tert-OH is 2. The fourth-order valence-corrected chi connectivity index (χ4v) is 3.08. The van der Waals surface area contributed by atoms with Gasteiger partial charge in [-0.1, -0.05) is 32.6 Å². The van der Waals surface area contributed by atoms with Crippen LogP contribution in [0, 0.1) is 0 Å². The van der Waals surface area contributed by atoms with Gasteiger partial charge in [-0.05, 0) is 13.3 Å². The molecular formula is C12H25O3SSi. The lowest BCUT2D eigenvalue weighted by molar-refractivity contribution is 0.00638. The fraction of sp³-hybridized carbons (Fsp3) is 0.917. The number of hydrogen-bond donors (Lipinski definition) is 3. The van der Waals surface area contributed by atoms with Gasteiger partial charge in [0.1, 0.15) is 5.60 Å². The van der Waals surface area contributed by atoms with E-state index in [1.54, 1.807) is 6.92 Å². The molecule has 0 spiro atoms. The number of unbranched alkanes of at least 4 members (excludes halogenated alkanes) is 3. The molecule has 2 unspecified atom stereocenters. The Morgan fingerprint density at radius 1 is 1.41 bits per heavy atom. The van der Waals surface area contributed by atoms with Crippen molar-refractivity contribution in [2.75, 3.05) is 13.7 Å². The van der Waals surface area contributed by atoms with Crippen molar-refractivity contribution in [3.05, 3.63) is 0 Å². The molecule has 0 aliphatic heterocycles. The first-order chi connectivity index (χ1) is 8.00. The third kappa shape index (κ3) is 6.60. The molecule has 101 valence electrons. The summed E-state index contributed by atoms with van der Waals surface area (Å²) in [5.74, 6) is 0. The molecule has 0 fully saturated rings. The van der Waals surface area contributed by atoms with E-state index in [1.807, 2.05) is 0 Å². The lowest BCUT2D eigenvalue weighted by Gasteiger charge is -2.25. The van der Waals surface area contributed by atoms with E-state index in [0.29, 0.717) is 0 Å². The van der Waals surface area contributed by atoms with E-state index in [-0.39, 0.29) is 26.0 Å². The molecule has 0 rings (SSSR count). The van der Waals surface area contributed by atoms with Crippen molar-refractivity contribution in [3.8, 4) is 0 Å². The highest BCUT2D eigenvalue weighted by atomic mass is 32.1. The minimum atomic E-state index is -0.942. The summed E-state index contributed by atoms with van der Waals surface area (Å²) in [4.78, 5) is 0.160. The van der Waals surface area contributed by atoms with Crippen LogP contribution in [0.3, 0.4) is 0 Å². The molecule has 2 N–H and O–H groups in total. The number of rotatable bonds is 9. The van der Waals surface area contributed by atoms with Crippen LogP contribution >= 0.6 is 12.6 Å². The van der Waals surface area contributed by atoms with E-state index in [9.17, 15) is 10.2 Å². The van der Waals surface area contributed by atoms with Gasteiger partial charge in [0, 0.05) is 12.0 Å². The monoisotopic (exact) mass is 277 g/mol. The van der Waals surface area contributed by atoms with Gasteiger partial charge in [0.2, 0.25) is 0 Å². The van der Waals surface area contributed by atoms with E-state index < -0.39 is 5.60 Å². The maximum Gasteiger partial charge on any atom is 0.139 e. The predicted molar refractivity (Wildman–Crippen MR) is 76.7 cm³/mol. The number of hydrogen-bond acceptors (Lipinski definition) is 4. The Hall–Kier alpha value is 0.157. The smallest absolute Gasteiger partial charge is 0.139 e. The zero-order valence-corrected chi connectivity index (χ0v) is 13.0. The Balaban J connectivity index is 4.17. The van der Waals surface area contributed by atoms with Gasteiger partial charge in [0.25, 0.3) is 0 Å². The molecule has 3 nitrogen and oxygen atoms in total. The molecule has 0 aromatic heterocycles. The molecule has 0 amide bonds. The quantitative estimate of drug-likeness (QED) is 0.342. The molecule has 0 saturated heterocycles. The third-order valence-corrected chi connectivity index (χ3v) is 4.96. The summed E-state index contributed by atoms with van der Waals surface area (Å²) in [5.41, 5.74) is -0.942. The summed E-state index contributed by atoms with van der Waals surface area (Å²) < 4.78 is 5.13. The van der Waals surface area contributed by atoms with E-state index in [0.717, 1.165) is 12.8 Å². The van der Waals surface area contributed by atoms with Gasteiger partial charge in [-0.25, -0.2) is 0 Å². The maximum absolute atomic E-state index is 9.94. The molecule has 0 heterocycles. The molecule has 5 heteroatoms. The van der Waals surface area contributed by atoms with Crippen molar-refractivity contribution in [3.63, 3.8) is 0 Å². The molecule has 1 radical (unpaired) electrons. The summed E-state index contributed by atoms with van der Waals surface area (Å²) in [5, 5.41) is 19.3. The fourth-order valence-electron chi connectivity index (χ4n) is 1.38. The number of aliphatic hydroxyl groups is 2. The normalized spacial score (nSPS) is 17.8. The second-order valence-electron chi connectivity index (χ2n) is 4.45. The highest BCUT2D eigenvalue weighted by molar-refractivity contribution is 7.82. The van der Waals surface area contributed by atoms with E-state index in [4.69, 9.17) is 4.74 Å². The van der Waals surface area contributed by atoms with Gasteiger partial charge in [-0.3, -0.25) is 0 Å². The van der Waals surface area contributed by atoms with Crippen LogP contribution in [0.15, 0.2) is 0 Å². The summed E-state index contributed by atoms with van der Waals surface area (Å²) in [6.45, 7) is 3.66. The summed E-state index contributed by atoms with van der Waals surface area (Å²) in [6, 6.07) is 0. The Morgan fingerprint density at radius 3 is 2.53 bits per heavy atom. The van der Waals surface area contributed by atoms with Crippen molar-refractivity contribution in [1.29, 1.82) is 0 Å². The second kappa shape index (κ2) is 9.14. The van der Waals surface area contributed by atoms with Crippen LogP contribution in [0.4, 0.5) is 0 Å². The largest absolute Gasteiger partial charge is 0.515 e. The molecular weight excluding hydrogens is 252 g/mol. The van der Waals surface area contributed by atoms with Crippen molar-refractivity contribution < 1.29 is 14.9 Å². The van der Waals surface area contributed by atoms with Crippen LogP contribution in [-0.2, 0) is 4.74 Å². The van der Waals surface area contributed by atoms with Gasteiger partial charge in [0.15, 0.2) is 0 Å². The summed E-state index contributed by atoms with van der Waals surface area (Å²) in [6.07, 6.45) is 5.84. The van der Waals surface area contributed by atoms with Crippen molar-refractivity contribution in [2.24, 2.45) is 0 Å². The highest BCUT2D eigenvalue weighted by Gasteiger charge is 2.28. The first-order valence-corrected chi connectivity index (χ1v) is 7.76. The Labute approximate surface area is 112 Å². The lowest BCUT2D eigenvalue weighted by atomic mass is 10.1. The molecule has 0 aromatic carbocycles. The van der Waals surface area contributed by atoms with Crippen LogP contribution in [0.2, 0.25) is 0 Å². The number of thiol groups is 1. The molecule has 0 aromatic rings. The Morgan fingerprint density at radius 2 is 2.06 bits per heavy atom. The maximum atomic E-state index is 9.94. The Bertz CT molecular complexity index is 230. The summed E-state index contributed by atoms with van der Waals surface area (Å²) >= 11 is 4.48. The number of methoxy groups -OCH3 is 1. The standard InChI is InChI=1S/C12H25O3SSi/c1-4-5-6-7-8-10(16)17-11(14)12(2,9-13)15-3/h10,13-14,16H,4-9H2,1-3H3. The van der Waals surface area contributed by atoms with E-state index >= 15 is 0 Å². The molecule has 17 heavy (non-hydrogen) atoms. The second-order valence-corrected chi connectivity index (χ2v) is 7.02. The predicted octanol–water partition coefficient (Wildman–Crippen LogP) is 1.82. The van der Waals surface area contributed by atoms with Crippen molar-refractivity contribution in [1.82, 2.24) is 0 Å². The van der Waals surface area contributed by atoms with Crippen LogP contribution in [-0.4, -0.2) is 48.9 Å². The minimum Gasteiger partial charge on any atom is -0.515 e. The SMILES string of the molecule is CCCCCCC(S)[Si]=C(O)C(C)(CO)OC. The van der Waals surface area contributed by atoms with Gasteiger partial charge in [-0.15, -0.1) is 0 Å². The highest BCUT2D eigenvalue weighted by Crippen LogP contribution is 2.11. The minimum absolute atomic E-state index is 0.160. The van der Waals surface area contributed by atoms with Crippen molar-refractivity contribution in [2.45, 2.75) is 56.4 Å². The topological polar surface area (TPSA) is 49.7 Å². The van der Waals surface area contributed by atoms with Gasteiger partial charge in [0.05, 0.1) is 21.1 Å².